The molecular formula is C57H35N3. The van der Waals surface area contributed by atoms with Gasteiger partial charge >= 0.3 is 0 Å². The number of aromatic nitrogens is 2. The van der Waals surface area contributed by atoms with Gasteiger partial charge in [-0.3, -0.25) is 0 Å². The highest BCUT2D eigenvalue weighted by Crippen LogP contribution is 2.58. The average molecular weight is 762 g/mol. The van der Waals surface area contributed by atoms with Gasteiger partial charge in [0.05, 0.1) is 33.7 Å². The molecule has 14 rings (SSSR count). The van der Waals surface area contributed by atoms with Crippen LogP contribution in [0.2, 0.25) is 0 Å². The van der Waals surface area contributed by atoms with Gasteiger partial charge in [-0.1, -0.05) is 127 Å². The van der Waals surface area contributed by atoms with Gasteiger partial charge in [-0.2, -0.15) is 5.26 Å². The van der Waals surface area contributed by atoms with Crippen LogP contribution in [0.4, 0.5) is 0 Å². The van der Waals surface area contributed by atoms with Crippen LogP contribution in [0.1, 0.15) is 50.8 Å². The first-order chi connectivity index (χ1) is 29.7. The van der Waals surface area contributed by atoms with E-state index in [2.05, 4.69) is 215 Å². The Balaban J connectivity index is 1.03. The van der Waals surface area contributed by atoms with Crippen LogP contribution in [-0.2, 0) is 0 Å². The van der Waals surface area contributed by atoms with E-state index in [1.165, 1.54) is 93.7 Å². The fourth-order valence-corrected chi connectivity index (χ4v) is 10.9. The summed E-state index contributed by atoms with van der Waals surface area (Å²) in [5, 5.41) is 15.5. The molecule has 2 heterocycles. The molecule has 278 valence electrons. The van der Waals surface area contributed by atoms with Crippen LogP contribution in [-0.4, -0.2) is 9.13 Å². The first-order valence-electron chi connectivity index (χ1n) is 20.7. The third-order valence-electron chi connectivity index (χ3n) is 13.3. The molecule has 3 nitrogen and oxygen atoms in total. The molecule has 0 radical (unpaired) electrons. The molecule has 0 atom stereocenters. The van der Waals surface area contributed by atoms with Crippen molar-refractivity contribution in [3.05, 3.63) is 239 Å². The van der Waals surface area contributed by atoms with Gasteiger partial charge in [0.15, 0.2) is 0 Å². The van der Waals surface area contributed by atoms with Crippen LogP contribution >= 0.6 is 0 Å². The Hall–Kier alpha value is -7.93. The molecule has 3 heteroatoms. The lowest BCUT2D eigenvalue weighted by Gasteiger charge is -2.43. The second-order valence-electron chi connectivity index (χ2n) is 16.3. The zero-order chi connectivity index (χ0) is 39.5. The van der Waals surface area contributed by atoms with Crippen molar-refractivity contribution in [3.8, 4) is 39.7 Å². The van der Waals surface area contributed by atoms with E-state index >= 15 is 0 Å². The molecule has 2 aromatic heterocycles. The van der Waals surface area contributed by atoms with Gasteiger partial charge in [-0.25, -0.2) is 0 Å². The molecule has 0 fully saturated rings. The molecule has 11 aromatic rings. The maximum absolute atomic E-state index is 10.6. The molecule has 60 heavy (non-hydrogen) atoms. The lowest BCUT2D eigenvalue weighted by molar-refractivity contribution is 0.753. The van der Waals surface area contributed by atoms with Gasteiger partial charge in [0.1, 0.15) is 0 Å². The van der Waals surface area contributed by atoms with Crippen LogP contribution in [0, 0.1) is 11.3 Å². The average Bonchev–Trinajstić information content (AvgIpc) is 3.83. The second-order valence-corrected chi connectivity index (χ2v) is 16.3. The molecular weight excluding hydrogens is 727 g/mol. The molecule has 0 amide bonds. The van der Waals surface area contributed by atoms with Crippen LogP contribution < -0.4 is 0 Å². The summed E-state index contributed by atoms with van der Waals surface area (Å²) < 4.78 is 4.77. The first-order valence-corrected chi connectivity index (χ1v) is 20.7. The van der Waals surface area contributed by atoms with Crippen molar-refractivity contribution in [1.82, 2.24) is 9.13 Å². The van der Waals surface area contributed by atoms with Crippen LogP contribution in [0.5, 0.6) is 0 Å². The van der Waals surface area contributed by atoms with Crippen molar-refractivity contribution in [1.29, 1.82) is 5.26 Å². The third-order valence-corrected chi connectivity index (χ3v) is 13.3. The van der Waals surface area contributed by atoms with Gasteiger partial charge in [0.2, 0.25) is 0 Å². The summed E-state index contributed by atoms with van der Waals surface area (Å²) >= 11 is 0. The third kappa shape index (κ3) is 4.53. The van der Waals surface area contributed by atoms with Crippen LogP contribution in [0.3, 0.4) is 0 Å². The van der Waals surface area contributed by atoms with E-state index < -0.39 is 0 Å². The zero-order valence-corrected chi connectivity index (χ0v) is 32.5. The first kappa shape index (κ1) is 33.1. The highest BCUT2D eigenvalue weighted by atomic mass is 15.0. The summed E-state index contributed by atoms with van der Waals surface area (Å²) in [6.07, 6.45) is 0. The topological polar surface area (TPSA) is 33.6 Å². The van der Waals surface area contributed by atoms with Gasteiger partial charge < -0.3 is 9.13 Å². The Morgan fingerprint density at radius 1 is 0.350 bits per heavy atom. The van der Waals surface area contributed by atoms with E-state index in [1.54, 1.807) is 0 Å². The van der Waals surface area contributed by atoms with Crippen molar-refractivity contribution >= 4 is 43.6 Å². The SMILES string of the molecule is N#Cc1ccc(-c2ccc3c(c2)c2cc(-c4ccc5c(c4)c4ccccc4n5-c4ccccc4)ccc2n3-c2ccccc2)c2c1C1c3ccccc3C2c2ccccc21. The second kappa shape index (κ2) is 12.5. The van der Waals surface area contributed by atoms with Crippen molar-refractivity contribution in [3.63, 3.8) is 0 Å². The molecule has 3 aliphatic carbocycles. The summed E-state index contributed by atoms with van der Waals surface area (Å²) in [7, 11) is 0. The molecule has 0 N–H and O–H groups in total. The Kier molecular flexibility index (Phi) is 6.91. The van der Waals surface area contributed by atoms with E-state index in [0.717, 1.165) is 22.5 Å². The fraction of sp³-hybridized carbons (Fsp3) is 0.0351. The van der Waals surface area contributed by atoms with E-state index in [9.17, 15) is 5.26 Å². The normalized spacial score (nSPS) is 15.0. The standard InChI is InChI=1S/C57H35N3/c58-34-38-23-27-41(57-54(38)55-43-18-7-9-20-45(43)56(57)46-21-10-8-19-44(46)55)37-26-30-53-49(33-37)48-32-36(25-29-52(48)60(53)40-15-5-2-6-16-40)35-24-28-51-47(31-35)42-17-11-12-22-50(42)59(51)39-13-3-1-4-14-39/h1-33,55-56H. The Morgan fingerprint density at radius 3 is 1.30 bits per heavy atom. The Bertz CT molecular complexity index is 3570. The molecule has 0 aliphatic heterocycles. The van der Waals surface area contributed by atoms with E-state index in [1.807, 2.05) is 0 Å². The summed E-state index contributed by atoms with van der Waals surface area (Å²) in [4.78, 5) is 0. The number of fused-ring (bicyclic) bond motifs is 6. The summed E-state index contributed by atoms with van der Waals surface area (Å²) in [5.74, 6) is 0.0776. The van der Waals surface area contributed by atoms with Crippen molar-refractivity contribution < 1.29 is 0 Å². The Morgan fingerprint density at radius 2 is 0.767 bits per heavy atom. The molecule has 0 saturated carbocycles. The minimum atomic E-state index is 0.0253. The van der Waals surface area contributed by atoms with Gasteiger partial charge in [-0.15, -0.1) is 0 Å². The highest BCUT2D eigenvalue weighted by Gasteiger charge is 2.43. The number of para-hydroxylation sites is 3. The number of hydrogen-bond acceptors (Lipinski definition) is 1. The number of nitriles is 1. The smallest absolute Gasteiger partial charge is 0.0994 e. The number of nitrogens with zero attached hydrogens (tertiary/aromatic N) is 3. The van der Waals surface area contributed by atoms with E-state index in [4.69, 9.17) is 0 Å². The fourth-order valence-electron chi connectivity index (χ4n) is 10.9. The number of rotatable bonds is 4. The van der Waals surface area contributed by atoms with Gasteiger partial charge in [0.25, 0.3) is 0 Å². The maximum atomic E-state index is 10.6. The van der Waals surface area contributed by atoms with E-state index in [0.29, 0.717) is 0 Å². The maximum Gasteiger partial charge on any atom is 0.0994 e. The molecule has 0 saturated heterocycles. The Labute approximate surface area is 347 Å². The van der Waals surface area contributed by atoms with Crippen molar-refractivity contribution in [2.45, 2.75) is 11.8 Å². The van der Waals surface area contributed by atoms with Crippen LogP contribution in [0.15, 0.2) is 200 Å². The van der Waals surface area contributed by atoms with Gasteiger partial charge in [-0.05, 0) is 128 Å². The highest BCUT2D eigenvalue weighted by molar-refractivity contribution is 6.13. The molecule has 3 aliphatic rings. The van der Waals surface area contributed by atoms with Crippen molar-refractivity contribution in [2.75, 3.05) is 0 Å². The minimum Gasteiger partial charge on any atom is -0.309 e. The lowest BCUT2D eigenvalue weighted by Crippen LogP contribution is -2.29. The summed E-state index contributed by atoms with van der Waals surface area (Å²) in [6, 6.07) is 75.6. The molecule has 0 unspecified atom stereocenters. The minimum absolute atomic E-state index is 0.0253. The molecule has 0 spiro atoms. The number of benzene rings is 9. The van der Waals surface area contributed by atoms with Gasteiger partial charge in [0, 0.05) is 44.8 Å². The monoisotopic (exact) mass is 761 g/mol. The zero-order valence-electron chi connectivity index (χ0n) is 32.5. The summed E-state index contributed by atoms with van der Waals surface area (Å²) in [6.45, 7) is 0. The predicted molar refractivity (Wildman–Crippen MR) is 245 cm³/mol. The quantitative estimate of drug-likeness (QED) is 0.176. The predicted octanol–water partition coefficient (Wildman–Crippen LogP) is 14.1. The lowest BCUT2D eigenvalue weighted by atomic mass is 9.59. The van der Waals surface area contributed by atoms with Crippen molar-refractivity contribution in [2.24, 2.45) is 0 Å². The molecule has 9 aromatic carbocycles. The molecule has 2 bridgehead atoms. The summed E-state index contributed by atoms with van der Waals surface area (Å²) in [5.41, 5.74) is 20.3. The number of hydrogen-bond donors (Lipinski definition) is 0. The largest absolute Gasteiger partial charge is 0.309 e. The van der Waals surface area contributed by atoms with E-state index in [-0.39, 0.29) is 11.8 Å². The van der Waals surface area contributed by atoms with Crippen LogP contribution in [0.25, 0.3) is 77.2 Å².